The zero-order valence-electron chi connectivity index (χ0n) is 8.47. The Labute approximate surface area is 92.4 Å². The lowest BCUT2D eigenvalue weighted by atomic mass is 10.5. The van der Waals surface area contributed by atoms with Gasteiger partial charge in [-0.2, -0.15) is 0 Å². The highest BCUT2D eigenvalue weighted by molar-refractivity contribution is 7.14. The van der Waals surface area contributed by atoms with Gasteiger partial charge in [0.2, 0.25) is 0 Å². The van der Waals surface area contributed by atoms with Crippen LogP contribution in [0.4, 0.5) is 0 Å². The van der Waals surface area contributed by atoms with E-state index in [1.165, 1.54) is 4.88 Å². The normalized spacial score (nSPS) is 10.5. The fourth-order valence-electron chi connectivity index (χ4n) is 1.17. The van der Waals surface area contributed by atoms with Gasteiger partial charge in [-0.3, -0.25) is 9.97 Å². The maximum atomic E-state index is 4.32. The monoisotopic (exact) mass is 220 g/mol. The standard InChI is InChI=1S/C10H12N4S/c1-2-11-5-8-6-14-10(15-8)9-7-12-3-4-13-9/h3-4,6-7,11H,2,5H2,1H3. The summed E-state index contributed by atoms with van der Waals surface area (Å²) >= 11 is 1.65. The van der Waals surface area contributed by atoms with Crippen molar-refractivity contribution in [1.29, 1.82) is 0 Å². The van der Waals surface area contributed by atoms with Crippen LogP contribution in [0.1, 0.15) is 11.8 Å². The number of thiazole rings is 1. The molecular weight excluding hydrogens is 208 g/mol. The lowest BCUT2D eigenvalue weighted by Crippen LogP contribution is -2.10. The van der Waals surface area contributed by atoms with Gasteiger partial charge in [0.15, 0.2) is 0 Å². The molecule has 0 amide bonds. The van der Waals surface area contributed by atoms with Gasteiger partial charge in [-0.15, -0.1) is 11.3 Å². The molecule has 2 aromatic heterocycles. The third kappa shape index (κ3) is 2.57. The Kier molecular flexibility index (Phi) is 3.37. The van der Waals surface area contributed by atoms with Crippen molar-refractivity contribution in [3.05, 3.63) is 29.7 Å². The predicted octanol–water partition coefficient (Wildman–Crippen LogP) is 1.71. The van der Waals surface area contributed by atoms with Crippen molar-refractivity contribution in [3.8, 4) is 10.7 Å². The van der Waals surface area contributed by atoms with Crippen LogP contribution in [-0.2, 0) is 6.54 Å². The number of aromatic nitrogens is 3. The second kappa shape index (κ2) is 4.95. The van der Waals surface area contributed by atoms with Crippen LogP contribution in [0.15, 0.2) is 24.8 Å². The van der Waals surface area contributed by atoms with E-state index in [4.69, 9.17) is 0 Å². The lowest BCUT2D eigenvalue weighted by molar-refractivity contribution is 0.734. The molecule has 0 saturated carbocycles. The summed E-state index contributed by atoms with van der Waals surface area (Å²) in [5.74, 6) is 0. The van der Waals surface area contributed by atoms with E-state index in [0.717, 1.165) is 23.8 Å². The maximum absolute atomic E-state index is 4.32. The van der Waals surface area contributed by atoms with Gasteiger partial charge in [-0.05, 0) is 6.54 Å². The van der Waals surface area contributed by atoms with Crippen molar-refractivity contribution in [3.63, 3.8) is 0 Å². The summed E-state index contributed by atoms with van der Waals surface area (Å²) in [5, 5.41) is 4.19. The fraction of sp³-hybridized carbons (Fsp3) is 0.300. The summed E-state index contributed by atoms with van der Waals surface area (Å²) in [6.07, 6.45) is 6.96. The van der Waals surface area contributed by atoms with Crippen LogP contribution in [-0.4, -0.2) is 21.5 Å². The molecular formula is C10H12N4S. The Morgan fingerprint density at radius 2 is 2.20 bits per heavy atom. The van der Waals surface area contributed by atoms with Gasteiger partial charge in [-0.1, -0.05) is 6.92 Å². The van der Waals surface area contributed by atoms with E-state index in [2.05, 4.69) is 27.2 Å². The number of hydrogen-bond acceptors (Lipinski definition) is 5. The van der Waals surface area contributed by atoms with E-state index in [1.54, 1.807) is 29.9 Å². The number of hydrogen-bond donors (Lipinski definition) is 1. The molecule has 15 heavy (non-hydrogen) atoms. The largest absolute Gasteiger partial charge is 0.312 e. The minimum atomic E-state index is 0.838. The molecule has 0 radical (unpaired) electrons. The zero-order chi connectivity index (χ0) is 10.5. The molecule has 0 aliphatic rings. The van der Waals surface area contributed by atoms with Gasteiger partial charge in [-0.25, -0.2) is 4.98 Å². The van der Waals surface area contributed by atoms with Crippen LogP contribution in [0.2, 0.25) is 0 Å². The van der Waals surface area contributed by atoms with E-state index in [1.807, 2.05) is 6.20 Å². The van der Waals surface area contributed by atoms with Crippen LogP contribution in [0, 0.1) is 0 Å². The molecule has 0 aliphatic carbocycles. The fourth-order valence-corrected chi connectivity index (χ4v) is 2.01. The molecule has 0 aromatic carbocycles. The summed E-state index contributed by atoms with van der Waals surface area (Å²) in [6, 6.07) is 0. The SMILES string of the molecule is CCNCc1cnc(-c2cnccn2)s1. The summed E-state index contributed by atoms with van der Waals surface area (Å²) in [6.45, 7) is 3.93. The Hall–Kier alpha value is -1.33. The minimum Gasteiger partial charge on any atom is -0.312 e. The van der Waals surface area contributed by atoms with Gasteiger partial charge >= 0.3 is 0 Å². The predicted molar refractivity (Wildman–Crippen MR) is 60.5 cm³/mol. The van der Waals surface area contributed by atoms with Crippen molar-refractivity contribution >= 4 is 11.3 Å². The highest BCUT2D eigenvalue weighted by Crippen LogP contribution is 2.22. The van der Waals surface area contributed by atoms with Crippen LogP contribution >= 0.6 is 11.3 Å². The molecule has 0 unspecified atom stereocenters. The Morgan fingerprint density at radius 3 is 2.93 bits per heavy atom. The second-order valence-corrected chi connectivity index (χ2v) is 4.12. The summed E-state index contributed by atoms with van der Waals surface area (Å²) in [4.78, 5) is 13.8. The molecule has 0 saturated heterocycles. The number of rotatable bonds is 4. The van der Waals surface area contributed by atoms with Gasteiger partial charge in [0, 0.05) is 30.0 Å². The van der Waals surface area contributed by atoms with E-state index in [-0.39, 0.29) is 0 Å². The molecule has 2 heterocycles. The van der Waals surface area contributed by atoms with Gasteiger partial charge < -0.3 is 5.32 Å². The molecule has 0 atom stereocenters. The Bertz CT molecular complexity index is 412. The summed E-state index contributed by atoms with van der Waals surface area (Å²) < 4.78 is 0. The molecule has 0 fully saturated rings. The van der Waals surface area contributed by atoms with Crippen LogP contribution < -0.4 is 5.32 Å². The van der Waals surface area contributed by atoms with Crippen molar-refractivity contribution in [2.24, 2.45) is 0 Å². The topological polar surface area (TPSA) is 50.7 Å². The molecule has 1 N–H and O–H groups in total. The van der Waals surface area contributed by atoms with Gasteiger partial charge in [0.25, 0.3) is 0 Å². The first-order chi connectivity index (χ1) is 7.40. The van der Waals surface area contributed by atoms with Crippen LogP contribution in [0.5, 0.6) is 0 Å². The molecule has 78 valence electrons. The summed E-state index contributed by atoms with van der Waals surface area (Å²) in [5.41, 5.74) is 0.838. The van der Waals surface area contributed by atoms with Crippen molar-refractivity contribution in [2.45, 2.75) is 13.5 Å². The number of nitrogens with zero attached hydrogens (tertiary/aromatic N) is 3. The van der Waals surface area contributed by atoms with Crippen LogP contribution in [0.25, 0.3) is 10.7 Å². The first-order valence-corrected chi connectivity index (χ1v) is 5.63. The second-order valence-electron chi connectivity index (χ2n) is 3.00. The number of nitrogens with one attached hydrogen (secondary N) is 1. The molecule has 0 bridgehead atoms. The van der Waals surface area contributed by atoms with Crippen molar-refractivity contribution in [1.82, 2.24) is 20.3 Å². The Morgan fingerprint density at radius 1 is 1.27 bits per heavy atom. The maximum Gasteiger partial charge on any atom is 0.143 e. The highest BCUT2D eigenvalue weighted by atomic mass is 32.1. The molecule has 0 spiro atoms. The third-order valence-electron chi connectivity index (χ3n) is 1.89. The molecule has 4 nitrogen and oxygen atoms in total. The van der Waals surface area contributed by atoms with Gasteiger partial charge in [0.1, 0.15) is 10.7 Å². The average Bonchev–Trinajstić information content (AvgIpc) is 2.76. The average molecular weight is 220 g/mol. The first-order valence-electron chi connectivity index (χ1n) is 4.82. The molecule has 2 aromatic rings. The van der Waals surface area contributed by atoms with Crippen LogP contribution in [0.3, 0.4) is 0 Å². The molecule has 0 aliphatic heterocycles. The summed E-state index contributed by atoms with van der Waals surface area (Å²) in [7, 11) is 0. The first kappa shape index (κ1) is 10.2. The minimum absolute atomic E-state index is 0.838. The molecule has 5 heteroatoms. The van der Waals surface area contributed by atoms with E-state index in [0.29, 0.717) is 0 Å². The third-order valence-corrected chi connectivity index (χ3v) is 2.90. The quantitative estimate of drug-likeness (QED) is 0.852. The Balaban J connectivity index is 2.14. The smallest absolute Gasteiger partial charge is 0.143 e. The lowest BCUT2D eigenvalue weighted by Gasteiger charge is -1.95. The molecule has 2 rings (SSSR count). The zero-order valence-corrected chi connectivity index (χ0v) is 9.29. The van der Waals surface area contributed by atoms with Crippen molar-refractivity contribution < 1.29 is 0 Å². The van der Waals surface area contributed by atoms with Crippen molar-refractivity contribution in [2.75, 3.05) is 6.54 Å². The van der Waals surface area contributed by atoms with Gasteiger partial charge in [0.05, 0.1) is 6.20 Å². The highest BCUT2D eigenvalue weighted by Gasteiger charge is 2.04. The van der Waals surface area contributed by atoms with E-state index in [9.17, 15) is 0 Å². The van der Waals surface area contributed by atoms with E-state index < -0.39 is 0 Å². The van der Waals surface area contributed by atoms with E-state index >= 15 is 0 Å².